The summed E-state index contributed by atoms with van der Waals surface area (Å²) in [6.45, 7) is 6.97. The molecule has 1 amide bonds. The third-order valence-electron chi connectivity index (χ3n) is 3.04. The fourth-order valence-electron chi connectivity index (χ4n) is 1.41. The predicted molar refractivity (Wildman–Crippen MR) is 67.7 cm³/mol. The predicted octanol–water partition coefficient (Wildman–Crippen LogP) is 2.43. The summed E-state index contributed by atoms with van der Waals surface area (Å²) in [5.74, 6) is 0.280. The summed E-state index contributed by atoms with van der Waals surface area (Å²) in [7, 11) is 0. The minimum atomic E-state index is -0.750. The number of hydrogen-bond acceptors (Lipinski definition) is 2. The smallest absolute Gasteiger partial charge is 0.303 e. The van der Waals surface area contributed by atoms with Gasteiger partial charge in [0.05, 0.1) is 0 Å². The Morgan fingerprint density at radius 2 is 1.76 bits per heavy atom. The molecule has 0 saturated carbocycles. The van der Waals surface area contributed by atoms with Gasteiger partial charge >= 0.3 is 5.97 Å². The van der Waals surface area contributed by atoms with E-state index in [0.29, 0.717) is 31.2 Å². The molecule has 0 rings (SSSR count). The van der Waals surface area contributed by atoms with Crippen molar-refractivity contribution in [1.82, 2.24) is 5.32 Å². The van der Waals surface area contributed by atoms with Gasteiger partial charge in [-0.1, -0.05) is 27.2 Å². The van der Waals surface area contributed by atoms with E-state index in [1.165, 1.54) is 0 Å². The number of carbonyl (C=O) groups is 2. The lowest BCUT2D eigenvalue weighted by molar-refractivity contribution is -0.137. The van der Waals surface area contributed by atoms with Crippen LogP contribution in [0.5, 0.6) is 0 Å². The Bertz CT molecular complexity index is 239. The number of amides is 1. The molecule has 0 aromatic rings. The number of nitrogens with one attached hydrogen (secondary N) is 1. The first-order valence-electron chi connectivity index (χ1n) is 6.42. The number of carboxylic acid groups (broad SMARTS) is 1. The molecule has 0 radical (unpaired) electrons. The van der Waals surface area contributed by atoms with E-state index in [9.17, 15) is 9.59 Å². The first-order valence-corrected chi connectivity index (χ1v) is 6.42. The van der Waals surface area contributed by atoms with Gasteiger partial charge in [-0.3, -0.25) is 9.59 Å². The Morgan fingerprint density at radius 1 is 1.12 bits per heavy atom. The van der Waals surface area contributed by atoms with Gasteiger partial charge in [0.1, 0.15) is 0 Å². The molecule has 4 heteroatoms. The Hall–Kier alpha value is -1.06. The minimum Gasteiger partial charge on any atom is -0.481 e. The Morgan fingerprint density at radius 3 is 2.29 bits per heavy atom. The van der Waals surface area contributed by atoms with Crippen molar-refractivity contribution in [3.63, 3.8) is 0 Å². The fourth-order valence-corrected chi connectivity index (χ4v) is 1.41. The standard InChI is InChI=1S/C13H25NO3/c1-10(2)11(3)9-12(15)14-8-6-4-5-7-13(16)17/h10-11H,4-9H2,1-3H3,(H,14,15)(H,16,17). The van der Waals surface area contributed by atoms with Gasteiger partial charge in [0.2, 0.25) is 5.91 Å². The molecular formula is C13H25NO3. The van der Waals surface area contributed by atoms with Gasteiger partial charge in [0.25, 0.3) is 0 Å². The highest BCUT2D eigenvalue weighted by atomic mass is 16.4. The Kier molecular flexibility index (Phi) is 8.46. The van der Waals surface area contributed by atoms with Gasteiger partial charge in [-0.05, 0) is 24.7 Å². The van der Waals surface area contributed by atoms with Crippen molar-refractivity contribution in [2.75, 3.05) is 6.54 Å². The van der Waals surface area contributed by atoms with Crippen LogP contribution in [0.1, 0.15) is 52.9 Å². The summed E-state index contributed by atoms with van der Waals surface area (Å²) in [5.41, 5.74) is 0. The molecule has 0 spiro atoms. The van der Waals surface area contributed by atoms with Crippen molar-refractivity contribution >= 4 is 11.9 Å². The van der Waals surface area contributed by atoms with Crippen LogP contribution in [0.2, 0.25) is 0 Å². The van der Waals surface area contributed by atoms with E-state index in [-0.39, 0.29) is 12.3 Å². The second kappa shape index (κ2) is 9.02. The van der Waals surface area contributed by atoms with Crippen LogP contribution in [-0.4, -0.2) is 23.5 Å². The van der Waals surface area contributed by atoms with Crippen molar-refractivity contribution in [3.8, 4) is 0 Å². The van der Waals surface area contributed by atoms with Gasteiger partial charge in [-0.15, -0.1) is 0 Å². The number of aliphatic carboxylic acids is 1. The van der Waals surface area contributed by atoms with Gasteiger partial charge in [-0.25, -0.2) is 0 Å². The van der Waals surface area contributed by atoms with E-state index in [0.717, 1.165) is 12.8 Å². The van der Waals surface area contributed by atoms with Gasteiger partial charge < -0.3 is 10.4 Å². The first kappa shape index (κ1) is 15.9. The summed E-state index contributed by atoms with van der Waals surface area (Å²) in [6.07, 6.45) is 3.19. The van der Waals surface area contributed by atoms with Crippen LogP contribution in [0.15, 0.2) is 0 Å². The lowest BCUT2D eigenvalue weighted by Crippen LogP contribution is -2.27. The number of unbranched alkanes of at least 4 members (excludes halogenated alkanes) is 2. The van der Waals surface area contributed by atoms with E-state index in [1.54, 1.807) is 0 Å². The lowest BCUT2D eigenvalue weighted by Gasteiger charge is -2.14. The normalized spacial score (nSPS) is 12.5. The van der Waals surface area contributed by atoms with Crippen LogP contribution in [0.25, 0.3) is 0 Å². The topological polar surface area (TPSA) is 66.4 Å². The van der Waals surface area contributed by atoms with Crippen molar-refractivity contribution in [2.24, 2.45) is 11.8 Å². The highest BCUT2D eigenvalue weighted by molar-refractivity contribution is 5.76. The molecule has 100 valence electrons. The molecule has 0 bridgehead atoms. The van der Waals surface area contributed by atoms with Crippen molar-refractivity contribution in [3.05, 3.63) is 0 Å². The quantitative estimate of drug-likeness (QED) is 0.611. The van der Waals surface area contributed by atoms with Crippen molar-refractivity contribution in [1.29, 1.82) is 0 Å². The maximum Gasteiger partial charge on any atom is 0.303 e. The lowest BCUT2D eigenvalue weighted by atomic mass is 9.94. The van der Waals surface area contributed by atoms with Crippen LogP contribution in [0, 0.1) is 11.8 Å². The van der Waals surface area contributed by atoms with Crippen LogP contribution in [-0.2, 0) is 9.59 Å². The van der Waals surface area contributed by atoms with Crippen LogP contribution >= 0.6 is 0 Å². The fraction of sp³-hybridized carbons (Fsp3) is 0.846. The zero-order valence-electron chi connectivity index (χ0n) is 11.2. The van der Waals surface area contributed by atoms with E-state index in [1.807, 2.05) is 0 Å². The second-order valence-corrected chi connectivity index (χ2v) is 4.98. The summed E-state index contributed by atoms with van der Waals surface area (Å²) < 4.78 is 0. The molecule has 0 aliphatic carbocycles. The van der Waals surface area contributed by atoms with Gasteiger partial charge in [-0.2, -0.15) is 0 Å². The largest absolute Gasteiger partial charge is 0.481 e. The van der Waals surface area contributed by atoms with E-state index in [4.69, 9.17) is 5.11 Å². The first-order chi connectivity index (χ1) is 7.93. The summed E-state index contributed by atoms with van der Waals surface area (Å²) in [6, 6.07) is 0. The highest BCUT2D eigenvalue weighted by Crippen LogP contribution is 2.13. The monoisotopic (exact) mass is 243 g/mol. The molecule has 17 heavy (non-hydrogen) atoms. The molecule has 0 aliphatic rings. The van der Waals surface area contributed by atoms with E-state index >= 15 is 0 Å². The molecule has 0 heterocycles. The number of carbonyl (C=O) groups excluding carboxylic acids is 1. The molecule has 0 aromatic heterocycles. The maximum atomic E-state index is 11.5. The average Bonchev–Trinajstić information content (AvgIpc) is 2.22. The van der Waals surface area contributed by atoms with Crippen molar-refractivity contribution < 1.29 is 14.7 Å². The molecule has 2 N–H and O–H groups in total. The summed E-state index contributed by atoms with van der Waals surface area (Å²) in [4.78, 5) is 21.7. The zero-order chi connectivity index (χ0) is 13.3. The van der Waals surface area contributed by atoms with Crippen LogP contribution < -0.4 is 5.32 Å². The molecule has 4 nitrogen and oxygen atoms in total. The van der Waals surface area contributed by atoms with Gasteiger partial charge in [0, 0.05) is 19.4 Å². The molecular weight excluding hydrogens is 218 g/mol. The van der Waals surface area contributed by atoms with Gasteiger partial charge in [0.15, 0.2) is 0 Å². The Labute approximate surface area is 104 Å². The zero-order valence-corrected chi connectivity index (χ0v) is 11.2. The molecule has 0 fully saturated rings. The average molecular weight is 243 g/mol. The van der Waals surface area contributed by atoms with E-state index in [2.05, 4.69) is 26.1 Å². The molecule has 1 atom stereocenters. The number of rotatable bonds is 9. The molecule has 1 unspecified atom stereocenters. The van der Waals surface area contributed by atoms with Crippen LogP contribution in [0.4, 0.5) is 0 Å². The SMILES string of the molecule is CC(C)C(C)CC(=O)NCCCCCC(=O)O. The van der Waals surface area contributed by atoms with Crippen molar-refractivity contribution in [2.45, 2.75) is 52.9 Å². The number of hydrogen-bond donors (Lipinski definition) is 2. The minimum absolute atomic E-state index is 0.101. The van der Waals surface area contributed by atoms with Crippen LogP contribution in [0.3, 0.4) is 0 Å². The molecule has 0 saturated heterocycles. The highest BCUT2D eigenvalue weighted by Gasteiger charge is 2.11. The Balaban J connectivity index is 3.42. The summed E-state index contributed by atoms with van der Waals surface area (Å²) in [5, 5.41) is 11.3. The number of carboxylic acids is 1. The second-order valence-electron chi connectivity index (χ2n) is 4.98. The molecule has 0 aromatic carbocycles. The molecule has 0 aliphatic heterocycles. The van der Waals surface area contributed by atoms with E-state index < -0.39 is 5.97 Å². The maximum absolute atomic E-state index is 11.5. The third kappa shape index (κ3) is 9.85. The third-order valence-corrected chi connectivity index (χ3v) is 3.04. The summed E-state index contributed by atoms with van der Waals surface area (Å²) >= 11 is 0.